The third kappa shape index (κ3) is 6.25. The topological polar surface area (TPSA) is 60.0 Å². The quantitative estimate of drug-likeness (QED) is 0.720. The smallest absolute Gasteiger partial charge is 0.258 e. The van der Waals surface area contributed by atoms with Crippen LogP contribution in [0.1, 0.15) is 18.5 Å². The maximum absolute atomic E-state index is 12.5. The number of hydrogen-bond acceptors (Lipinski definition) is 5. The highest BCUT2D eigenvalue weighted by molar-refractivity contribution is 5.78. The molecule has 0 aromatic heterocycles. The summed E-state index contributed by atoms with van der Waals surface area (Å²) in [5.74, 6) is 1.29. The lowest BCUT2D eigenvalue weighted by atomic mass is 10.1. The first kappa shape index (κ1) is 20.2. The molecule has 150 valence electrons. The maximum atomic E-state index is 12.5. The maximum Gasteiger partial charge on any atom is 0.258 e. The highest BCUT2D eigenvalue weighted by Gasteiger charge is 2.20. The third-order valence-corrected chi connectivity index (χ3v) is 4.59. The predicted molar refractivity (Wildman–Crippen MR) is 108 cm³/mol. The number of rotatable bonds is 9. The number of morpholine rings is 1. The standard InChI is InChI=1S/C22H28N2O4/c1-2-27-19-8-10-20(11-9-19)28-17-22(25)23-21(18-6-4-3-5-7-18)16-24-12-14-26-15-13-24/h3-11,21H,2,12-17H2,1H3,(H,23,25). The number of carbonyl (C=O) groups is 1. The summed E-state index contributed by atoms with van der Waals surface area (Å²) in [6.07, 6.45) is 0. The zero-order chi connectivity index (χ0) is 19.6. The van der Waals surface area contributed by atoms with Gasteiger partial charge in [-0.3, -0.25) is 9.69 Å². The SMILES string of the molecule is CCOc1ccc(OCC(=O)NC(CN2CCOCC2)c2ccccc2)cc1. The van der Waals surface area contributed by atoms with E-state index in [9.17, 15) is 4.79 Å². The molecule has 6 heteroatoms. The number of carbonyl (C=O) groups excluding carboxylic acids is 1. The van der Waals surface area contributed by atoms with Crippen molar-refractivity contribution in [3.8, 4) is 11.5 Å². The monoisotopic (exact) mass is 384 g/mol. The van der Waals surface area contributed by atoms with Gasteiger partial charge in [0.15, 0.2) is 6.61 Å². The number of benzene rings is 2. The fraction of sp³-hybridized carbons (Fsp3) is 0.409. The molecule has 1 aliphatic rings. The molecule has 0 saturated carbocycles. The second-order valence-corrected chi connectivity index (χ2v) is 6.64. The Bertz CT molecular complexity index is 715. The third-order valence-electron chi connectivity index (χ3n) is 4.59. The van der Waals surface area contributed by atoms with Crippen LogP contribution in [0.25, 0.3) is 0 Å². The molecule has 0 radical (unpaired) electrons. The molecule has 1 heterocycles. The summed E-state index contributed by atoms with van der Waals surface area (Å²) in [5, 5.41) is 3.11. The summed E-state index contributed by atoms with van der Waals surface area (Å²) in [7, 11) is 0. The number of amides is 1. The van der Waals surface area contributed by atoms with Crippen LogP contribution in [0.15, 0.2) is 54.6 Å². The van der Waals surface area contributed by atoms with Crippen LogP contribution < -0.4 is 14.8 Å². The van der Waals surface area contributed by atoms with Gasteiger partial charge in [-0.05, 0) is 36.8 Å². The molecule has 1 atom stereocenters. The van der Waals surface area contributed by atoms with Gasteiger partial charge in [-0.2, -0.15) is 0 Å². The van der Waals surface area contributed by atoms with Gasteiger partial charge in [0.1, 0.15) is 11.5 Å². The normalized spacial score (nSPS) is 15.6. The van der Waals surface area contributed by atoms with Gasteiger partial charge in [-0.1, -0.05) is 30.3 Å². The van der Waals surface area contributed by atoms with Crippen molar-refractivity contribution < 1.29 is 19.0 Å². The van der Waals surface area contributed by atoms with Gasteiger partial charge in [0.25, 0.3) is 5.91 Å². The fourth-order valence-corrected chi connectivity index (χ4v) is 3.15. The van der Waals surface area contributed by atoms with Gasteiger partial charge < -0.3 is 19.5 Å². The number of hydrogen-bond donors (Lipinski definition) is 1. The largest absolute Gasteiger partial charge is 0.494 e. The first-order valence-corrected chi connectivity index (χ1v) is 9.74. The summed E-state index contributed by atoms with van der Waals surface area (Å²) < 4.78 is 16.5. The molecular weight excluding hydrogens is 356 g/mol. The van der Waals surface area contributed by atoms with Crippen LogP contribution in [0, 0.1) is 0 Å². The first-order chi connectivity index (χ1) is 13.7. The van der Waals surface area contributed by atoms with E-state index in [2.05, 4.69) is 10.2 Å². The van der Waals surface area contributed by atoms with Gasteiger partial charge in [-0.25, -0.2) is 0 Å². The van der Waals surface area contributed by atoms with Gasteiger partial charge in [0.05, 0.1) is 25.9 Å². The van der Waals surface area contributed by atoms with Crippen molar-refractivity contribution in [1.29, 1.82) is 0 Å². The van der Waals surface area contributed by atoms with Crippen molar-refractivity contribution in [2.24, 2.45) is 0 Å². The van der Waals surface area contributed by atoms with Crippen molar-refractivity contribution in [2.45, 2.75) is 13.0 Å². The van der Waals surface area contributed by atoms with E-state index in [0.29, 0.717) is 12.4 Å². The average Bonchev–Trinajstić information content (AvgIpc) is 2.74. The molecule has 0 spiro atoms. The molecule has 2 aromatic rings. The Kier molecular flexibility index (Phi) is 7.70. The minimum atomic E-state index is -0.143. The van der Waals surface area contributed by atoms with Crippen LogP contribution in [0.3, 0.4) is 0 Å². The Morgan fingerprint density at radius 1 is 1.04 bits per heavy atom. The zero-order valence-electron chi connectivity index (χ0n) is 16.3. The van der Waals surface area contributed by atoms with Crippen molar-refractivity contribution in [2.75, 3.05) is 46.1 Å². The number of ether oxygens (including phenoxy) is 3. The molecule has 6 nitrogen and oxygen atoms in total. The van der Waals surface area contributed by atoms with E-state index in [-0.39, 0.29) is 18.6 Å². The van der Waals surface area contributed by atoms with Gasteiger partial charge in [0, 0.05) is 19.6 Å². The average molecular weight is 384 g/mol. The van der Waals surface area contributed by atoms with E-state index in [1.54, 1.807) is 12.1 Å². The molecule has 1 N–H and O–H groups in total. The number of nitrogens with one attached hydrogen (secondary N) is 1. The van der Waals surface area contributed by atoms with Crippen LogP contribution in [0.5, 0.6) is 11.5 Å². The highest BCUT2D eigenvalue weighted by atomic mass is 16.5. The van der Waals surface area contributed by atoms with E-state index in [1.807, 2.05) is 49.4 Å². The minimum Gasteiger partial charge on any atom is -0.494 e. The molecule has 0 aliphatic carbocycles. The van der Waals surface area contributed by atoms with Crippen LogP contribution >= 0.6 is 0 Å². The summed E-state index contributed by atoms with van der Waals surface area (Å²) in [5.41, 5.74) is 1.09. The molecule has 2 aromatic carbocycles. The molecular formula is C22H28N2O4. The Labute approximate surface area is 166 Å². The molecule has 3 rings (SSSR count). The number of nitrogens with zero attached hydrogens (tertiary/aromatic N) is 1. The van der Waals surface area contributed by atoms with Crippen LogP contribution in [-0.2, 0) is 9.53 Å². The van der Waals surface area contributed by atoms with E-state index in [4.69, 9.17) is 14.2 Å². The van der Waals surface area contributed by atoms with Crippen LogP contribution in [0.4, 0.5) is 0 Å². The summed E-state index contributed by atoms with van der Waals surface area (Å²) >= 11 is 0. The molecule has 1 unspecified atom stereocenters. The molecule has 1 aliphatic heterocycles. The lowest BCUT2D eigenvalue weighted by Gasteiger charge is -2.31. The molecule has 28 heavy (non-hydrogen) atoms. The Morgan fingerprint density at radius 2 is 1.68 bits per heavy atom. The van der Waals surface area contributed by atoms with Crippen molar-refractivity contribution in [3.63, 3.8) is 0 Å². The van der Waals surface area contributed by atoms with E-state index in [1.165, 1.54) is 0 Å². The lowest BCUT2D eigenvalue weighted by molar-refractivity contribution is -0.124. The van der Waals surface area contributed by atoms with E-state index < -0.39 is 0 Å². The van der Waals surface area contributed by atoms with Crippen LogP contribution in [-0.4, -0.2) is 56.9 Å². The zero-order valence-corrected chi connectivity index (χ0v) is 16.3. The summed E-state index contributed by atoms with van der Waals surface area (Å²) in [4.78, 5) is 14.8. The predicted octanol–water partition coefficient (Wildman–Crippen LogP) is 2.65. The Hall–Kier alpha value is -2.57. The molecule has 1 fully saturated rings. The fourth-order valence-electron chi connectivity index (χ4n) is 3.15. The molecule has 0 bridgehead atoms. The summed E-state index contributed by atoms with van der Waals surface area (Å²) in [6, 6.07) is 17.2. The molecule has 1 saturated heterocycles. The summed E-state index contributed by atoms with van der Waals surface area (Å²) in [6.45, 7) is 6.50. The highest BCUT2D eigenvalue weighted by Crippen LogP contribution is 2.18. The minimum absolute atomic E-state index is 0.0274. The van der Waals surface area contributed by atoms with Crippen molar-refractivity contribution in [3.05, 3.63) is 60.2 Å². The van der Waals surface area contributed by atoms with Gasteiger partial charge in [0.2, 0.25) is 0 Å². The van der Waals surface area contributed by atoms with Crippen molar-refractivity contribution in [1.82, 2.24) is 10.2 Å². The van der Waals surface area contributed by atoms with Gasteiger partial charge in [-0.15, -0.1) is 0 Å². The second kappa shape index (κ2) is 10.7. The molecule has 1 amide bonds. The van der Waals surface area contributed by atoms with Gasteiger partial charge >= 0.3 is 0 Å². The van der Waals surface area contributed by atoms with Crippen molar-refractivity contribution >= 4 is 5.91 Å². The van der Waals surface area contributed by atoms with Crippen LogP contribution in [0.2, 0.25) is 0 Å². The lowest BCUT2D eigenvalue weighted by Crippen LogP contribution is -2.44. The Balaban J connectivity index is 1.55. The Morgan fingerprint density at radius 3 is 2.32 bits per heavy atom. The first-order valence-electron chi connectivity index (χ1n) is 9.74. The second-order valence-electron chi connectivity index (χ2n) is 6.64. The van der Waals surface area contributed by atoms with E-state index in [0.717, 1.165) is 44.2 Å². The van der Waals surface area contributed by atoms with E-state index >= 15 is 0 Å².